The molecule has 10 heteroatoms. The van der Waals surface area contributed by atoms with E-state index in [9.17, 15) is 9.59 Å². The van der Waals surface area contributed by atoms with Crippen LogP contribution < -0.4 is 0 Å². The van der Waals surface area contributed by atoms with Crippen molar-refractivity contribution in [2.45, 2.75) is 0 Å². The van der Waals surface area contributed by atoms with E-state index in [1.165, 1.54) is 0 Å². The Hall–Kier alpha value is -3.82. The highest BCUT2D eigenvalue weighted by Gasteiger charge is 2.36. The highest BCUT2D eigenvalue weighted by Crippen LogP contribution is 2.29. The zero-order valence-electron chi connectivity index (χ0n) is 22.9. The highest BCUT2D eigenvalue weighted by atomic mass is 79.9. The number of nitrogens with zero attached hydrogens (tertiary/aromatic N) is 4. The fourth-order valence-electron chi connectivity index (χ4n) is 4.85. The number of carbonyl (C=O) groups excluding carboxylic acids is 2. The fraction of sp³-hybridized carbons (Fsp3) is 0.0588. The van der Waals surface area contributed by atoms with Gasteiger partial charge in [0.15, 0.2) is 0 Å². The lowest BCUT2D eigenvalue weighted by Gasteiger charge is -2.24. The summed E-state index contributed by atoms with van der Waals surface area (Å²) in [5.74, 6) is 0.443. The maximum Gasteiger partial charge on any atom is 0.278 e. The molecule has 44 heavy (non-hydrogen) atoms. The van der Waals surface area contributed by atoms with Gasteiger partial charge in [-0.05, 0) is 59.7 Å². The molecule has 0 N–H and O–H groups in total. The van der Waals surface area contributed by atoms with Crippen LogP contribution in [-0.4, -0.2) is 46.4 Å². The topological polar surface area (TPSA) is 65.3 Å². The van der Waals surface area contributed by atoms with Crippen molar-refractivity contribution >= 4 is 90.7 Å². The van der Waals surface area contributed by atoms with Gasteiger partial charge in [-0.1, -0.05) is 116 Å². The molecular formula is C34H22Br2Cl2N4O2. The summed E-state index contributed by atoms with van der Waals surface area (Å²) >= 11 is 19.3. The number of carbonyl (C=O) groups is 2. The van der Waals surface area contributed by atoms with E-state index in [2.05, 4.69) is 31.9 Å². The summed E-state index contributed by atoms with van der Waals surface area (Å²) in [5.41, 5.74) is 3.68. The van der Waals surface area contributed by atoms with Gasteiger partial charge in [0.05, 0.1) is 0 Å². The van der Waals surface area contributed by atoms with Gasteiger partial charge in [0.1, 0.15) is 23.1 Å². The van der Waals surface area contributed by atoms with E-state index in [0.717, 1.165) is 31.2 Å². The molecule has 4 aromatic carbocycles. The van der Waals surface area contributed by atoms with Gasteiger partial charge in [-0.2, -0.15) is 0 Å². The molecule has 0 fully saturated rings. The largest absolute Gasteiger partial charge is 0.289 e. The zero-order chi connectivity index (χ0) is 30.8. The second-order valence-electron chi connectivity index (χ2n) is 9.91. The van der Waals surface area contributed by atoms with E-state index < -0.39 is 0 Å². The molecule has 0 bridgehead atoms. The minimum Gasteiger partial charge on any atom is -0.289 e. The van der Waals surface area contributed by atoms with Crippen LogP contribution in [0.3, 0.4) is 0 Å². The van der Waals surface area contributed by atoms with Gasteiger partial charge in [0.25, 0.3) is 11.8 Å². The molecule has 2 heterocycles. The summed E-state index contributed by atoms with van der Waals surface area (Å²) in [7, 11) is 0. The molecule has 2 aliphatic rings. The van der Waals surface area contributed by atoms with Crippen LogP contribution in [0.15, 0.2) is 127 Å². The molecular weight excluding hydrogens is 727 g/mol. The van der Waals surface area contributed by atoms with Crippen molar-refractivity contribution in [2.75, 3.05) is 13.1 Å². The molecule has 0 unspecified atom stereocenters. The molecule has 0 atom stereocenters. The molecule has 0 aliphatic carbocycles. The van der Waals surface area contributed by atoms with Crippen LogP contribution in [0.4, 0.5) is 0 Å². The van der Waals surface area contributed by atoms with Crippen LogP contribution in [-0.2, 0) is 9.59 Å². The minimum absolute atomic E-state index is 0.181. The molecule has 2 aliphatic heterocycles. The Balaban J connectivity index is 1.34. The van der Waals surface area contributed by atoms with Crippen molar-refractivity contribution in [1.29, 1.82) is 0 Å². The minimum atomic E-state index is -0.270. The molecule has 0 aromatic heterocycles. The van der Waals surface area contributed by atoms with Gasteiger partial charge in [0, 0.05) is 43.2 Å². The Morgan fingerprint density at radius 3 is 1.30 bits per heavy atom. The molecule has 6 nitrogen and oxygen atoms in total. The van der Waals surface area contributed by atoms with Gasteiger partial charge in [-0.15, -0.1) is 0 Å². The van der Waals surface area contributed by atoms with Crippen molar-refractivity contribution in [3.05, 3.63) is 150 Å². The third kappa shape index (κ3) is 6.35. The number of benzene rings is 4. The third-order valence-electron chi connectivity index (χ3n) is 7.02. The van der Waals surface area contributed by atoms with Crippen LogP contribution in [0.25, 0.3) is 12.2 Å². The summed E-state index contributed by atoms with van der Waals surface area (Å²) in [6.45, 7) is 0.362. The average molecular weight is 749 g/mol. The second kappa shape index (κ2) is 13.0. The van der Waals surface area contributed by atoms with E-state index in [1.54, 1.807) is 46.2 Å². The smallest absolute Gasteiger partial charge is 0.278 e. The molecule has 218 valence electrons. The molecule has 4 aromatic rings. The Bertz CT molecular complexity index is 1760. The average Bonchev–Trinajstić information content (AvgIpc) is 3.49. The van der Waals surface area contributed by atoms with Crippen LogP contribution in [0.1, 0.15) is 22.3 Å². The number of hydrogen-bond donors (Lipinski definition) is 0. The van der Waals surface area contributed by atoms with Gasteiger partial charge in [0.2, 0.25) is 0 Å². The Morgan fingerprint density at radius 2 is 0.932 bits per heavy atom. The van der Waals surface area contributed by atoms with E-state index in [4.69, 9.17) is 33.2 Å². The van der Waals surface area contributed by atoms with E-state index >= 15 is 0 Å². The van der Waals surface area contributed by atoms with Gasteiger partial charge >= 0.3 is 0 Å². The number of amidine groups is 2. The van der Waals surface area contributed by atoms with Gasteiger partial charge in [-0.25, -0.2) is 9.98 Å². The fourth-order valence-corrected chi connectivity index (χ4v) is 6.02. The molecule has 0 saturated carbocycles. The number of hydrogen-bond acceptors (Lipinski definition) is 4. The van der Waals surface area contributed by atoms with Gasteiger partial charge < -0.3 is 0 Å². The lowest BCUT2D eigenvalue weighted by atomic mass is 10.1. The lowest BCUT2D eigenvalue weighted by Crippen LogP contribution is -2.43. The Kier molecular flexibility index (Phi) is 8.96. The maximum absolute atomic E-state index is 13.8. The van der Waals surface area contributed by atoms with Crippen LogP contribution >= 0.6 is 55.1 Å². The first-order chi connectivity index (χ1) is 21.3. The standard InChI is InChI=1S/C34H22Br2Cl2N4O2/c35-27-7-3-1-5-25(27)31-39-29(19-21-9-13-23(37)14-10-21)33(43)41(31)17-18-42-32(26-6-2-4-8-28(26)36)40-30(34(42)44)20-22-11-15-24(38)16-12-22/h1-16,19-20H,17-18H2. The molecule has 0 spiro atoms. The van der Waals surface area contributed by atoms with Crippen molar-refractivity contribution < 1.29 is 9.59 Å². The summed E-state index contributed by atoms with van der Waals surface area (Å²) in [6.07, 6.45) is 3.47. The van der Waals surface area contributed by atoms with Crippen LogP contribution in [0.5, 0.6) is 0 Å². The summed E-state index contributed by atoms with van der Waals surface area (Å²) in [4.78, 5) is 40.4. The third-order valence-corrected chi connectivity index (χ3v) is 8.90. The summed E-state index contributed by atoms with van der Waals surface area (Å²) in [5, 5.41) is 1.21. The van der Waals surface area contributed by atoms with E-state index in [1.807, 2.05) is 72.8 Å². The maximum atomic E-state index is 13.8. The van der Waals surface area contributed by atoms with Gasteiger partial charge in [-0.3, -0.25) is 19.4 Å². The SMILES string of the molecule is O=C1C(=Cc2ccc(Cl)cc2)N=C(c2ccccc2Br)N1CCN1C(=O)C(=Cc2ccc(Cl)cc2)N=C1c1ccccc1Br. The first-order valence-electron chi connectivity index (χ1n) is 13.5. The summed E-state index contributed by atoms with van der Waals surface area (Å²) < 4.78 is 1.59. The number of halogens is 4. The normalized spacial score (nSPS) is 16.7. The Morgan fingerprint density at radius 1 is 0.568 bits per heavy atom. The van der Waals surface area contributed by atoms with Crippen molar-refractivity contribution in [3.8, 4) is 0 Å². The summed E-state index contributed by atoms with van der Waals surface area (Å²) in [6, 6.07) is 29.6. The first kappa shape index (κ1) is 30.2. The zero-order valence-corrected chi connectivity index (χ0v) is 27.6. The quantitative estimate of drug-likeness (QED) is 0.178. The predicted molar refractivity (Wildman–Crippen MR) is 184 cm³/mol. The lowest BCUT2D eigenvalue weighted by molar-refractivity contribution is -0.125. The molecule has 2 amide bonds. The molecule has 0 radical (unpaired) electrons. The molecule has 0 saturated heterocycles. The van der Waals surface area contributed by atoms with Crippen LogP contribution in [0, 0.1) is 0 Å². The number of aliphatic imine (C=N–C) groups is 2. The number of amides is 2. The monoisotopic (exact) mass is 746 g/mol. The number of rotatable bonds is 7. The second-order valence-corrected chi connectivity index (χ2v) is 12.5. The van der Waals surface area contributed by atoms with Crippen LogP contribution in [0.2, 0.25) is 10.0 Å². The first-order valence-corrected chi connectivity index (χ1v) is 15.9. The predicted octanol–water partition coefficient (Wildman–Crippen LogP) is 8.48. The van der Waals surface area contributed by atoms with Crippen molar-refractivity contribution in [2.24, 2.45) is 9.98 Å². The highest BCUT2D eigenvalue weighted by molar-refractivity contribution is 9.10. The van der Waals surface area contributed by atoms with Crippen molar-refractivity contribution in [3.63, 3.8) is 0 Å². The Labute approximate surface area is 281 Å². The molecule has 6 rings (SSSR count). The van der Waals surface area contributed by atoms with Crippen molar-refractivity contribution in [1.82, 2.24) is 9.80 Å². The van der Waals surface area contributed by atoms with E-state index in [-0.39, 0.29) is 36.3 Å². The van der Waals surface area contributed by atoms with E-state index in [0.29, 0.717) is 21.7 Å².